The van der Waals surface area contributed by atoms with Gasteiger partial charge in [-0.05, 0) is 48.4 Å². The highest BCUT2D eigenvalue weighted by molar-refractivity contribution is 7.93. The van der Waals surface area contributed by atoms with Crippen LogP contribution in [0.5, 0.6) is 5.75 Å². The molecule has 1 fully saturated rings. The Bertz CT molecular complexity index is 1030. The number of benzene rings is 3. The van der Waals surface area contributed by atoms with Gasteiger partial charge in [0.1, 0.15) is 23.4 Å². The summed E-state index contributed by atoms with van der Waals surface area (Å²) in [6, 6.07) is 23.4. The minimum atomic E-state index is -3.92. The van der Waals surface area contributed by atoms with Gasteiger partial charge >= 0.3 is 0 Å². The summed E-state index contributed by atoms with van der Waals surface area (Å²) in [5.74, 6) is 0.358. The molecule has 1 aliphatic heterocycles. The first kappa shape index (κ1) is 19.5. The average molecular weight is 410 g/mol. The SMILES string of the molecule is CCc1ccc(S(=O)(=O)N(c2ccccc2)c2ccccc2)c(OCC2CO2)c1. The van der Waals surface area contributed by atoms with Crippen molar-refractivity contribution in [3.05, 3.63) is 84.4 Å². The molecule has 0 bridgehead atoms. The number of hydrogen-bond acceptors (Lipinski definition) is 4. The fraction of sp³-hybridized carbons (Fsp3) is 0.217. The zero-order valence-corrected chi connectivity index (χ0v) is 17.0. The highest BCUT2D eigenvalue weighted by Crippen LogP contribution is 2.36. The summed E-state index contributed by atoms with van der Waals surface area (Å²) in [5, 5.41) is 0. The van der Waals surface area contributed by atoms with Crippen LogP contribution < -0.4 is 9.04 Å². The van der Waals surface area contributed by atoms with E-state index >= 15 is 0 Å². The molecule has 4 rings (SSSR count). The van der Waals surface area contributed by atoms with E-state index in [9.17, 15) is 8.42 Å². The van der Waals surface area contributed by atoms with Gasteiger partial charge in [0.05, 0.1) is 18.0 Å². The first-order valence-electron chi connectivity index (χ1n) is 9.62. The van der Waals surface area contributed by atoms with E-state index in [4.69, 9.17) is 9.47 Å². The van der Waals surface area contributed by atoms with Crippen LogP contribution in [0, 0.1) is 0 Å². The van der Waals surface area contributed by atoms with Gasteiger partial charge in [0.15, 0.2) is 0 Å². The van der Waals surface area contributed by atoms with Gasteiger partial charge in [-0.15, -0.1) is 0 Å². The molecule has 1 unspecified atom stereocenters. The second-order valence-electron chi connectivity index (χ2n) is 6.84. The molecule has 0 spiro atoms. The van der Waals surface area contributed by atoms with E-state index in [2.05, 4.69) is 0 Å². The molecule has 0 aliphatic carbocycles. The van der Waals surface area contributed by atoms with Crippen molar-refractivity contribution in [2.75, 3.05) is 17.5 Å². The van der Waals surface area contributed by atoms with E-state index in [1.807, 2.05) is 55.5 Å². The van der Waals surface area contributed by atoms with Crippen LogP contribution in [0.15, 0.2) is 83.8 Å². The molecule has 29 heavy (non-hydrogen) atoms. The Morgan fingerprint density at radius 1 is 0.966 bits per heavy atom. The van der Waals surface area contributed by atoms with Crippen LogP contribution in [-0.4, -0.2) is 27.7 Å². The van der Waals surface area contributed by atoms with Crippen LogP contribution in [0.4, 0.5) is 11.4 Å². The van der Waals surface area contributed by atoms with Crippen molar-refractivity contribution in [2.24, 2.45) is 0 Å². The molecule has 1 aliphatic rings. The van der Waals surface area contributed by atoms with E-state index in [1.165, 1.54) is 4.31 Å². The van der Waals surface area contributed by atoms with Crippen LogP contribution in [0.1, 0.15) is 12.5 Å². The Labute approximate surface area is 171 Å². The van der Waals surface area contributed by atoms with Gasteiger partial charge in [-0.3, -0.25) is 0 Å². The van der Waals surface area contributed by atoms with Crippen molar-refractivity contribution < 1.29 is 17.9 Å². The standard InChI is InChI=1S/C23H23NO4S/c1-2-18-13-14-23(22(15-18)28-17-21-16-27-21)29(25,26)24(19-9-5-3-6-10-19)20-11-7-4-8-12-20/h3-15,21H,2,16-17H2,1H3. The summed E-state index contributed by atoms with van der Waals surface area (Å²) >= 11 is 0. The number of hydrogen-bond donors (Lipinski definition) is 0. The van der Waals surface area contributed by atoms with Gasteiger partial charge in [0.2, 0.25) is 0 Å². The van der Waals surface area contributed by atoms with Crippen molar-refractivity contribution in [1.29, 1.82) is 0 Å². The summed E-state index contributed by atoms with van der Waals surface area (Å²) < 4.78 is 40.1. The van der Waals surface area contributed by atoms with Crippen LogP contribution >= 0.6 is 0 Å². The van der Waals surface area contributed by atoms with Gasteiger partial charge in [0.25, 0.3) is 10.0 Å². The maximum atomic E-state index is 13.8. The average Bonchev–Trinajstić information content (AvgIpc) is 3.58. The Hall–Kier alpha value is -2.83. The van der Waals surface area contributed by atoms with Crippen LogP contribution in [0.25, 0.3) is 0 Å². The Kier molecular flexibility index (Phi) is 5.56. The Balaban J connectivity index is 1.82. The number of rotatable bonds is 8. The summed E-state index contributed by atoms with van der Waals surface area (Å²) in [7, 11) is -3.92. The number of ether oxygens (including phenoxy) is 2. The van der Waals surface area contributed by atoms with Crippen molar-refractivity contribution in [1.82, 2.24) is 0 Å². The van der Waals surface area contributed by atoms with E-state index in [0.29, 0.717) is 30.3 Å². The Morgan fingerprint density at radius 3 is 2.07 bits per heavy atom. The van der Waals surface area contributed by atoms with Crippen molar-refractivity contribution in [2.45, 2.75) is 24.3 Å². The van der Waals surface area contributed by atoms with Crippen LogP contribution in [0.3, 0.4) is 0 Å². The summed E-state index contributed by atoms with van der Waals surface area (Å²) in [6.07, 6.45) is 0.827. The zero-order chi connectivity index (χ0) is 20.3. The second kappa shape index (κ2) is 8.27. The van der Waals surface area contributed by atoms with Gasteiger partial charge < -0.3 is 9.47 Å². The lowest BCUT2D eigenvalue weighted by Crippen LogP contribution is -2.27. The van der Waals surface area contributed by atoms with E-state index < -0.39 is 10.0 Å². The van der Waals surface area contributed by atoms with E-state index in [-0.39, 0.29) is 11.0 Å². The van der Waals surface area contributed by atoms with Gasteiger partial charge in [-0.1, -0.05) is 49.4 Å². The molecule has 150 valence electrons. The molecule has 1 heterocycles. The molecule has 3 aromatic carbocycles. The quantitative estimate of drug-likeness (QED) is 0.512. The first-order chi connectivity index (χ1) is 14.1. The molecule has 0 aromatic heterocycles. The van der Waals surface area contributed by atoms with E-state index in [0.717, 1.165) is 12.0 Å². The number of epoxide rings is 1. The van der Waals surface area contributed by atoms with Crippen molar-refractivity contribution >= 4 is 21.4 Å². The maximum absolute atomic E-state index is 13.8. The molecular formula is C23H23NO4S. The highest BCUT2D eigenvalue weighted by atomic mass is 32.2. The summed E-state index contributed by atoms with van der Waals surface area (Å²) in [4.78, 5) is 0.142. The first-order valence-corrected chi connectivity index (χ1v) is 11.1. The summed E-state index contributed by atoms with van der Waals surface area (Å²) in [6.45, 7) is 3.01. The fourth-order valence-corrected chi connectivity index (χ4v) is 4.70. The molecule has 0 amide bonds. The molecular weight excluding hydrogens is 386 g/mol. The molecule has 3 aromatic rings. The molecule has 0 saturated carbocycles. The molecule has 0 radical (unpaired) electrons. The van der Waals surface area contributed by atoms with Crippen molar-refractivity contribution in [3.8, 4) is 5.75 Å². The van der Waals surface area contributed by atoms with Crippen LogP contribution in [-0.2, 0) is 21.2 Å². The monoisotopic (exact) mass is 409 g/mol. The highest BCUT2D eigenvalue weighted by Gasteiger charge is 2.31. The second-order valence-corrected chi connectivity index (χ2v) is 8.60. The lowest BCUT2D eigenvalue weighted by Gasteiger charge is -2.26. The zero-order valence-electron chi connectivity index (χ0n) is 16.2. The minimum Gasteiger partial charge on any atom is -0.489 e. The van der Waals surface area contributed by atoms with Gasteiger partial charge in [-0.25, -0.2) is 12.7 Å². The minimum absolute atomic E-state index is 0.0372. The molecule has 1 atom stereocenters. The molecule has 0 N–H and O–H groups in total. The maximum Gasteiger partial charge on any atom is 0.272 e. The number of sulfonamides is 1. The third-order valence-corrected chi connectivity index (χ3v) is 6.54. The predicted octanol–water partition coefficient (Wildman–Crippen LogP) is 4.55. The predicted molar refractivity (Wildman–Crippen MR) is 113 cm³/mol. The smallest absolute Gasteiger partial charge is 0.272 e. The normalized spacial score (nSPS) is 15.7. The van der Waals surface area contributed by atoms with Gasteiger partial charge in [0, 0.05) is 0 Å². The van der Waals surface area contributed by atoms with E-state index in [1.54, 1.807) is 30.3 Å². The van der Waals surface area contributed by atoms with Crippen molar-refractivity contribution in [3.63, 3.8) is 0 Å². The number of para-hydroxylation sites is 2. The third kappa shape index (κ3) is 4.28. The van der Waals surface area contributed by atoms with Crippen LogP contribution in [0.2, 0.25) is 0 Å². The molecule has 1 saturated heterocycles. The topological polar surface area (TPSA) is 59.1 Å². The fourth-order valence-electron chi connectivity index (χ4n) is 3.10. The molecule has 6 heteroatoms. The van der Waals surface area contributed by atoms with Gasteiger partial charge in [-0.2, -0.15) is 0 Å². The number of aryl methyl sites for hydroxylation is 1. The lowest BCUT2D eigenvalue weighted by molar-refractivity contribution is 0.257. The molecule has 5 nitrogen and oxygen atoms in total. The number of anilines is 2. The lowest BCUT2D eigenvalue weighted by atomic mass is 10.2. The number of nitrogens with zero attached hydrogens (tertiary/aromatic N) is 1. The largest absolute Gasteiger partial charge is 0.489 e. The summed E-state index contributed by atoms with van der Waals surface area (Å²) in [5.41, 5.74) is 2.14. The Morgan fingerprint density at radius 2 is 1.55 bits per heavy atom. The third-order valence-electron chi connectivity index (χ3n) is 4.74.